The van der Waals surface area contributed by atoms with Gasteiger partial charge in [0, 0.05) is 24.0 Å². The van der Waals surface area contributed by atoms with Gasteiger partial charge in [0.1, 0.15) is 23.2 Å². The molecule has 116 valence electrons. The normalized spacial score (nSPS) is 18.1. The summed E-state index contributed by atoms with van der Waals surface area (Å²) in [6.45, 7) is 2.79. The highest BCUT2D eigenvalue weighted by atomic mass is 16.5. The van der Waals surface area contributed by atoms with Crippen LogP contribution in [0, 0.1) is 17.2 Å². The van der Waals surface area contributed by atoms with Crippen LogP contribution in [0.25, 0.3) is 21.9 Å². The molecule has 0 aromatic carbocycles. The number of aromatic nitrogens is 3. The van der Waals surface area contributed by atoms with E-state index in [2.05, 4.69) is 26.3 Å². The standard InChI is InChI=1S/C17H17N5O/c18-7-12-6-13-14(9-21-12)22-17-16(13)15(3-5-20-17)23-10-11-2-1-4-19-8-11/h3,5-6,9,11,19H,1-2,4,8,10H2,(H,20,22)/t11-/m0/s1. The average molecular weight is 307 g/mol. The zero-order valence-corrected chi connectivity index (χ0v) is 12.7. The van der Waals surface area contributed by atoms with E-state index in [1.165, 1.54) is 12.8 Å². The largest absolute Gasteiger partial charge is 0.492 e. The minimum atomic E-state index is 0.393. The van der Waals surface area contributed by atoms with Gasteiger partial charge in [0.05, 0.1) is 23.7 Å². The van der Waals surface area contributed by atoms with Gasteiger partial charge in [-0.05, 0) is 31.5 Å². The topological polar surface area (TPSA) is 86.6 Å². The number of nitrogens with zero attached hydrogens (tertiary/aromatic N) is 3. The van der Waals surface area contributed by atoms with Crippen molar-refractivity contribution >= 4 is 21.9 Å². The van der Waals surface area contributed by atoms with Crippen LogP contribution < -0.4 is 10.1 Å². The van der Waals surface area contributed by atoms with Crippen LogP contribution in [0.2, 0.25) is 0 Å². The number of hydrogen-bond donors (Lipinski definition) is 2. The molecule has 1 aliphatic rings. The molecule has 6 heteroatoms. The number of rotatable bonds is 3. The summed E-state index contributed by atoms with van der Waals surface area (Å²) < 4.78 is 6.10. The van der Waals surface area contributed by atoms with Gasteiger partial charge in [-0.3, -0.25) is 0 Å². The number of fused-ring (bicyclic) bond motifs is 3. The Morgan fingerprint density at radius 3 is 3.17 bits per heavy atom. The van der Waals surface area contributed by atoms with E-state index in [-0.39, 0.29) is 0 Å². The fraction of sp³-hybridized carbons (Fsp3) is 0.353. The van der Waals surface area contributed by atoms with E-state index < -0.39 is 0 Å². The Balaban J connectivity index is 1.72. The monoisotopic (exact) mass is 307 g/mol. The van der Waals surface area contributed by atoms with Crippen LogP contribution in [0.15, 0.2) is 24.5 Å². The molecule has 23 heavy (non-hydrogen) atoms. The SMILES string of the molecule is N#Cc1cc2c(cn1)[nH]c1nccc(OC[C@H]3CCCNC3)c12. The van der Waals surface area contributed by atoms with E-state index in [4.69, 9.17) is 10.00 Å². The van der Waals surface area contributed by atoms with E-state index in [9.17, 15) is 0 Å². The number of nitrogens with one attached hydrogen (secondary N) is 2. The number of hydrogen-bond acceptors (Lipinski definition) is 5. The lowest BCUT2D eigenvalue weighted by Gasteiger charge is -2.22. The van der Waals surface area contributed by atoms with Gasteiger partial charge in [0.15, 0.2) is 0 Å². The molecule has 4 rings (SSSR count). The molecular weight excluding hydrogens is 290 g/mol. The number of piperidine rings is 1. The predicted molar refractivity (Wildman–Crippen MR) is 87.2 cm³/mol. The Kier molecular flexibility index (Phi) is 3.56. The van der Waals surface area contributed by atoms with Gasteiger partial charge in [-0.15, -0.1) is 0 Å². The first-order valence-corrected chi connectivity index (χ1v) is 7.85. The van der Waals surface area contributed by atoms with Crippen molar-refractivity contribution in [3.8, 4) is 11.8 Å². The molecule has 0 radical (unpaired) electrons. The highest BCUT2D eigenvalue weighted by Crippen LogP contribution is 2.32. The van der Waals surface area contributed by atoms with Crippen LogP contribution >= 0.6 is 0 Å². The molecular formula is C17H17N5O. The maximum absolute atomic E-state index is 9.07. The van der Waals surface area contributed by atoms with Crippen molar-refractivity contribution in [1.29, 1.82) is 5.26 Å². The number of H-pyrrole nitrogens is 1. The fourth-order valence-electron chi connectivity index (χ4n) is 3.14. The van der Waals surface area contributed by atoms with Crippen molar-refractivity contribution in [3.05, 3.63) is 30.2 Å². The summed E-state index contributed by atoms with van der Waals surface area (Å²) in [6, 6.07) is 5.75. The molecule has 0 spiro atoms. The minimum absolute atomic E-state index is 0.393. The number of pyridine rings is 2. The van der Waals surface area contributed by atoms with Crippen LogP contribution in [0.1, 0.15) is 18.5 Å². The summed E-state index contributed by atoms with van der Waals surface area (Å²) in [4.78, 5) is 11.7. The second kappa shape index (κ2) is 5.86. The first-order chi connectivity index (χ1) is 11.3. The average Bonchev–Trinajstić information content (AvgIpc) is 2.99. The molecule has 1 saturated heterocycles. The van der Waals surface area contributed by atoms with Gasteiger partial charge in [-0.25, -0.2) is 9.97 Å². The lowest BCUT2D eigenvalue weighted by atomic mass is 10.0. The van der Waals surface area contributed by atoms with Crippen molar-refractivity contribution in [2.45, 2.75) is 12.8 Å². The number of ether oxygens (including phenoxy) is 1. The van der Waals surface area contributed by atoms with Crippen LogP contribution in [-0.4, -0.2) is 34.6 Å². The third kappa shape index (κ3) is 2.60. The third-order valence-electron chi connectivity index (χ3n) is 4.33. The van der Waals surface area contributed by atoms with Crippen molar-refractivity contribution in [3.63, 3.8) is 0 Å². The van der Waals surface area contributed by atoms with E-state index >= 15 is 0 Å². The van der Waals surface area contributed by atoms with E-state index in [1.54, 1.807) is 18.5 Å². The molecule has 3 aromatic heterocycles. The van der Waals surface area contributed by atoms with Gasteiger partial charge in [0.25, 0.3) is 0 Å². The van der Waals surface area contributed by atoms with Crippen molar-refractivity contribution < 1.29 is 4.74 Å². The van der Waals surface area contributed by atoms with Gasteiger partial charge < -0.3 is 15.0 Å². The summed E-state index contributed by atoms with van der Waals surface area (Å²) in [5.41, 5.74) is 2.02. The highest BCUT2D eigenvalue weighted by Gasteiger charge is 2.16. The van der Waals surface area contributed by atoms with Crippen LogP contribution in [-0.2, 0) is 0 Å². The molecule has 0 aliphatic carbocycles. The molecule has 0 saturated carbocycles. The zero-order valence-electron chi connectivity index (χ0n) is 12.7. The summed E-state index contributed by atoms with van der Waals surface area (Å²) in [5, 5.41) is 14.3. The zero-order chi connectivity index (χ0) is 15.6. The summed E-state index contributed by atoms with van der Waals surface area (Å²) >= 11 is 0. The van der Waals surface area contributed by atoms with Gasteiger partial charge in [-0.1, -0.05) is 0 Å². The second-order valence-electron chi connectivity index (χ2n) is 5.91. The number of nitriles is 1. The predicted octanol–water partition coefficient (Wildman–Crippen LogP) is 2.36. The van der Waals surface area contributed by atoms with Crippen LogP contribution in [0.5, 0.6) is 5.75 Å². The molecule has 0 bridgehead atoms. The molecule has 1 atom stereocenters. The first-order valence-electron chi connectivity index (χ1n) is 7.85. The van der Waals surface area contributed by atoms with Crippen LogP contribution in [0.4, 0.5) is 0 Å². The van der Waals surface area contributed by atoms with Crippen molar-refractivity contribution in [2.24, 2.45) is 5.92 Å². The summed E-state index contributed by atoms with van der Waals surface area (Å²) in [5.74, 6) is 1.34. The molecule has 1 aliphatic heterocycles. The molecule has 4 heterocycles. The quantitative estimate of drug-likeness (QED) is 0.775. The summed E-state index contributed by atoms with van der Waals surface area (Å²) in [6.07, 6.45) is 5.80. The minimum Gasteiger partial charge on any atom is -0.492 e. The third-order valence-corrected chi connectivity index (χ3v) is 4.33. The Morgan fingerprint density at radius 1 is 1.39 bits per heavy atom. The van der Waals surface area contributed by atoms with Gasteiger partial charge >= 0.3 is 0 Å². The lowest BCUT2D eigenvalue weighted by molar-refractivity contribution is 0.220. The number of aromatic amines is 1. The van der Waals surface area contributed by atoms with Crippen LogP contribution in [0.3, 0.4) is 0 Å². The Hall–Kier alpha value is -2.65. The van der Waals surface area contributed by atoms with E-state index in [0.29, 0.717) is 18.2 Å². The highest BCUT2D eigenvalue weighted by molar-refractivity contribution is 6.09. The molecule has 6 nitrogen and oxygen atoms in total. The van der Waals surface area contributed by atoms with Gasteiger partial charge in [-0.2, -0.15) is 5.26 Å². The Bertz CT molecular complexity index is 889. The van der Waals surface area contributed by atoms with E-state index in [0.717, 1.165) is 40.8 Å². The Morgan fingerprint density at radius 2 is 2.35 bits per heavy atom. The molecule has 1 fully saturated rings. The smallest absolute Gasteiger partial charge is 0.142 e. The molecule has 2 N–H and O–H groups in total. The maximum Gasteiger partial charge on any atom is 0.142 e. The maximum atomic E-state index is 9.07. The molecule has 0 amide bonds. The van der Waals surface area contributed by atoms with Crippen molar-refractivity contribution in [1.82, 2.24) is 20.3 Å². The molecule has 0 unspecified atom stereocenters. The molecule has 3 aromatic rings. The van der Waals surface area contributed by atoms with Crippen molar-refractivity contribution in [2.75, 3.05) is 19.7 Å². The van der Waals surface area contributed by atoms with Gasteiger partial charge in [0.2, 0.25) is 0 Å². The second-order valence-corrected chi connectivity index (χ2v) is 5.91. The lowest BCUT2D eigenvalue weighted by Crippen LogP contribution is -2.33. The fourth-order valence-corrected chi connectivity index (χ4v) is 3.14. The summed E-state index contributed by atoms with van der Waals surface area (Å²) in [7, 11) is 0. The first kappa shape index (κ1) is 14.0. The Labute approximate surface area is 133 Å². The van der Waals surface area contributed by atoms with E-state index in [1.807, 2.05) is 6.07 Å².